The van der Waals surface area contributed by atoms with Crippen molar-refractivity contribution >= 4 is 21.5 Å². The second kappa shape index (κ2) is 4.80. The minimum absolute atomic E-state index is 0.0146. The van der Waals surface area contributed by atoms with Crippen molar-refractivity contribution in [2.24, 2.45) is 5.73 Å². The molecule has 0 radical (unpaired) electrons. The number of nitrogens with zero attached hydrogens (tertiary/aromatic N) is 2. The summed E-state index contributed by atoms with van der Waals surface area (Å²) in [5.41, 5.74) is 6.86. The number of nitrogen functional groups attached to an aromatic ring is 1. The van der Waals surface area contributed by atoms with E-state index in [4.69, 9.17) is 11.1 Å². The van der Waals surface area contributed by atoms with Gasteiger partial charge in [-0.2, -0.15) is 0 Å². The third kappa shape index (κ3) is 3.04. The van der Waals surface area contributed by atoms with Crippen molar-refractivity contribution < 1.29 is 8.42 Å². The maximum atomic E-state index is 11.5. The quantitative estimate of drug-likeness (QED) is 0.613. The van der Waals surface area contributed by atoms with Gasteiger partial charge in [0.1, 0.15) is 11.7 Å². The molecule has 3 N–H and O–H groups in total. The molecule has 1 aliphatic heterocycles. The van der Waals surface area contributed by atoms with Crippen molar-refractivity contribution in [1.29, 1.82) is 5.41 Å². The first-order chi connectivity index (χ1) is 8.78. The first-order valence-electron chi connectivity index (χ1n) is 6.05. The Kier molecular flexibility index (Phi) is 3.49. The molecular weight excluding hydrogens is 264 g/mol. The Hall–Kier alpha value is -1.63. The van der Waals surface area contributed by atoms with Crippen molar-refractivity contribution in [2.75, 3.05) is 23.5 Å². The highest BCUT2D eigenvalue weighted by Gasteiger charge is 2.31. The third-order valence-corrected chi connectivity index (χ3v) is 5.12. The van der Waals surface area contributed by atoms with E-state index in [1.807, 2.05) is 18.9 Å². The number of aromatic nitrogens is 1. The van der Waals surface area contributed by atoms with Gasteiger partial charge in [-0.3, -0.25) is 5.41 Å². The summed E-state index contributed by atoms with van der Waals surface area (Å²) in [4.78, 5) is 6.25. The number of nitrogens with two attached hydrogens (primary N) is 1. The van der Waals surface area contributed by atoms with Crippen LogP contribution in [0.15, 0.2) is 12.1 Å². The Labute approximate surface area is 113 Å². The van der Waals surface area contributed by atoms with Crippen LogP contribution in [0.1, 0.15) is 17.7 Å². The van der Waals surface area contributed by atoms with Crippen LogP contribution >= 0.6 is 0 Å². The lowest BCUT2D eigenvalue weighted by Crippen LogP contribution is -2.33. The smallest absolute Gasteiger partial charge is 0.152 e. The summed E-state index contributed by atoms with van der Waals surface area (Å²) in [6, 6.07) is 3.41. The number of hydrogen-bond acceptors (Lipinski definition) is 5. The highest BCUT2D eigenvalue weighted by molar-refractivity contribution is 7.91. The van der Waals surface area contributed by atoms with Crippen LogP contribution in [-0.2, 0) is 9.84 Å². The fraction of sp³-hybridized carbons (Fsp3) is 0.500. The molecule has 0 amide bonds. The van der Waals surface area contributed by atoms with Crippen LogP contribution in [0.2, 0.25) is 0 Å². The van der Waals surface area contributed by atoms with Gasteiger partial charge in [-0.1, -0.05) is 0 Å². The normalized spacial score (nSPS) is 21.3. The van der Waals surface area contributed by atoms with Crippen LogP contribution in [0, 0.1) is 12.3 Å². The van der Waals surface area contributed by atoms with E-state index in [9.17, 15) is 8.42 Å². The van der Waals surface area contributed by atoms with Gasteiger partial charge >= 0.3 is 0 Å². The van der Waals surface area contributed by atoms with Crippen LogP contribution in [0.25, 0.3) is 0 Å². The van der Waals surface area contributed by atoms with Gasteiger partial charge < -0.3 is 10.6 Å². The second-order valence-electron chi connectivity index (χ2n) is 4.94. The maximum absolute atomic E-state index is 11.5. The van der Waals surface area contributed by atoms with Gasteiger partial charge in [-0.15, -0.1) is 0 Å². The molecule has 0 saturated carbocycles. The highest BCUT2D eigenvalue weighted by Crippen LogP contribution is 2.22. The first kappa shape index (κ1) is 13.8. The van der Waals surface area contributed by atoms with Crippen LogP contribution in [0.5, 0.6) is 0 Å². The fourth-order valence-electron chi connectivity index (χ4n) is 2.26. The van der Waals surface area contributed by atoms with Crippen molar-refractivity contribution in [1.82, 2.24) is 4.98 Å². The molecule has 1 aromatic heterocycles. The summed E-state index contributed by atoms with van der Waals surface area (Å²) in [7, 11) is -1.09. The van der Waals surface area contributed by atoms with E-state index in [1.54, 1.807) is 12.1 Å². The molecule has 1 unspecified atom stereocenters. The van der Waals surface area contributed by atoms with Crippen molar-refractivity contribution in [3.05, 3.63) is 23.4 Å². The molecule has 0 aromatic carbocycles. The number of sulfone groups is 1. The summed E-state index contributed by atoms with van der Waals surface area (Å²) in [6.45, 7) is 1.83. The minimum atomic E-state index is -2.92. The number of amidine groups is 1. The van der Waals surface area contributed by atoms with Crippen molar-refractivity contribution in [3.63, 3.8) is 0 Å². The SMILES string of the molecule is Cc1cc(C(=N)N)cc(N(C)C2CCS(=O)(=O)C2)n1. The summed E-state index contributed by atoms with van der Waals surface area (Å²) >= 11 is 0. The van der Waals surface area contributed by atoms with Gasteiger partial charge in [0.25, 0.3) is 0 Å². The Balaban J connectivity index is 2.29. The van der Waals surface area contributed by atoms with E-state index in [-0.39, 0.29) is 23.4 Å². The average Bonchev–Trinajstić information content (AvgIpc) is 2.68. The van der Waals surface area contributed by atoms with E-state index in [1.165, 1.54) is 0 Å². The monoisotopic (exact) mass is 282 g/mol. The Morgan fingerprint density at radius 2 is 2.21 bits per heavy atom. The zero-order chi connectivity index (χ0) is 14.2. The van der Waals surface area contributed by atoms with Gasteiger partial charge in [0, 0.05) is 24.3 Å². The fourth-order valence-corrected chi connectivity index (χ4v) is 4.03. The molecule has 0 bridgehead atoms. The standard InChI is InChI=1S/C12H18N4O2S/c1-8-5-9(12(13)14)6-11(15-8)16(2)10-3-4-19(17,18)7-10/h5-6,10H,3-4,7H2,1-2H3,(H3,13,14). The van der Waals surface area contributed by atoms with E-state index in [0.717, 1.165) is 5.69 Å². The van der Waals surface area contributed by atoms with Crippen LogP contribution in [-0.4, -0.2) is 43.8 Å². The summed E-state index contributed by atoms with van der Waals surface area (Å²) in [5.74, 6) is 1.04. The lowest BCUT2D eigenvalue weighted by Gasteiger charge is -2.25. The maximum Gasteiger partial charge on any atom is 0.152 e. The zero-order valence-electron chi connectivity index (χ0n) is 11.0. The minimum Gasteiger partial charge on any atom is -0.384 e. The molecule has 6 nitrogen and oxygen atoms in total. The second-order valence-corrected chi connectivity index (χ2v) is 7.17. The molecular formula is C12H18N4O2S. The predicted molar refractivity (Wildman–Crippen MR) is 75.5 cm³/mol. The summed E-state index contributed by atoms with van der Waals surface area (Å²) < 4.78 is 23.0. The Bertz CT molecular complexity index is 612. The summed E-state index contributed by atoms with van der Waals surface area (Å²) in [5, 5.41) is 7.48. The Morgan fingerprint density at radius 1 is 1.53 bits per heavy atom. The molecule has 7 heteroatoms. The molecule has 2 rings (SSSR count). The van der Waals surface area contributed by atoms with E-state index < -0.39 is 9.84 Å². The zero-order valence-corrected chi connectivity index (χ0v) is 11.9. The molecule has 1 aromatic rings. The van der Waals surface area contributed by atoms with Gasteiger partial charge in [0.15, 0.2) is 9.84 Å². The topological polar surface area (TPSA) is 100 Å². The van der Waals surface area contributed by atoms with Crippen LogP contribution in [0.3, 0.4) is 0 Å². The molecule has 1 saturated heterocycles. The van der Waals surface area contributed by atoms with Gasteiger partial charge in [0.05, 0.1) is 11.5 Å². The molecule has 104 valence electrons. The molecule has 1 aliphatic rings. The highest BCUT2D eigenvalue weighted by atomic mass is 32.2. The number of hydrogen-bond donors (Lipinski definition) is 2. The molecule has 1 fully saturated rings. The number of nitrogens with one attached hydrogen (secondary N) is 1. The van der Waals surface area contributed by atoms with Crippen molar-refractivity contribution in [3.8, 4) is 0 Å². The van der Waals surface area contributed by atoms with E-state index in [2.05, 4.69) is 4.98 Å². The van der Waals surface area contributed by atoms with E-state index in [0.29, 0.717) is 17.8 Å². The number of rotatable bonds is 3. The Morgan fingerprint density at radius 3 is 2.74 bits per heavy atom. The lowest BCUT2D eigenvalue weighted by atomic mass is 10.2. The molecule has 0 aliphatic carbocycles. The van der Waals surface area contributed by atoms with Gasteiger partial charge in [-0.25, -0.2) is 13.4 Å². The average molecular weight is 282 g/mol. The number of pyridine rings is 1. The lowest BCUT2D eigenvalue weighted by molar-refractivity contribution is 0.600. The van der Waals surface area contributed by atoms with Gasteiger partial charge in [0.2, 0.25) is 0 Å². The summed E-state index contributed by atoms with van der Waals surface area (Å²) in [6.07, 6.45) is 0.615. The van der Waals surface area contributed by atoms with Crippen LogP contribution < -0.4 is 10.6 Å². The molecule has 0 spiro atoms. The molecule has 1 atom stereocenters. The molecule has 2 heterocycles. The molecule has 19 heavy (non-hydrogen) atoms. The predicted octanol–water partition coefficient (Wildman–Crippen LogP) is 0.297. The first-order valence-corrected chi connectivity index (χ1v) is 7.87. The van der Waals surface area contributed by atoms with Crippen molar-refractivity contribution in [2.45, 2.75) is 19.4 Å². The number of aryl methyl sites for hydroxylation is 1. The van der Waals surface area contributed by atoms with Crippen LogP contribution in [0.4, 0.5) is 5.82 Å². The largest absolute Gasteiger partial charge is 0.384 e. The van der Waals surface area contributed by atoms with E-state index >= 15 is 0 Å². The number of anilines is 1. The van der Waals surface area contributed by atoms with Gasteiger partial charge in [-0.05, 0) is 25.5 Å². The third-order valence-electron chi connectivity index (χ3n) is 3.37.